The van der Waals surface area contributed by atoms with Gasteiger partial charge in [-0.3, -0.25) is 4.40 Å². The number of pyridine rings is 1. The first-order valence-electron chi connectivity index (χ1n) is 5.21. The van der Waals surface area contributed by atoms with Gasteiger partial charge in [-0.05, 0) is 25.1 Å². The molecule has 0 atom stereocenters. The summed E-state index contributed by atoms with van der Waals surface area (Å²) in [5.41, 5.74) is 3.20. The molecule has 0 spiro atoms. The SMILES string of the molecule is Cc1cccc(-c2nnc3ccccn23)c1. The van der Waals surface area contributed by atoms with Crippen molar-refractivity contribution in [2.24, 2.45) is 0 Å². The van der Waals surface area contributed by atoms with Crippen molar-refractivity contribution in [3.05, 3.63) is 54.2 Å². The van der Waals surface area contributed by atoms with E-state index >= 15 is 0 Å². The molecule has 1 aromatic carbocycles. The quantitative estimate of drug-likeness (QED) is 0.616. The van der Waals surface area contributed by atoms with Crippen LogP contribution in [0.15, 0.2) is 48.7 Å². The monoisotopic (exact) mass is 209 g/mol. The topological polar surface area (TPSA) is 30.2 Å². The first-order chi connectivity index (χ1) is 7.84. The lowest BCUT2D eigenvalue weighted by Gasteiger charge is -2.00. The van der Waals surface area contributed by atoms with Gasteiger partial charge in [0.05, 0.1) is 0 Å². The largest absolute Gasteiger partial charge is 0.282 e. The molecular weight excluding hydrogens is 198 g/mol. The van der Waals surface area contributed by atoms with Crippen LogP contribution in [0.25, 0.3) is 17.0 Å². The van der Waals surface area contributed by atoms with Gasteiger partial charge in [-0.1, -0.05) is 29.8 Å². The fraction of sp³-hybridized carbons (Fsp3) is 0.0769. The van der Waals surface area contributed by atoms with Crippen molar-refractivity contribution in [1.29, 1.82) is 0 Å². The molecule has 2 heterocycles. The number of nitrogens with zero attached hydrogens (tertiary/aromatic N) is 3. The number of aryl methyl sites for hydroxylation is 1. The van der Waals surface area contributed by atoms with Crippen molar-refractivity contribution < 1.29 is 0 Å². The van der Waals surface area contributed by atoms with Crippen LogP contribution in [0.1, 0.15) is 5.56 Å². The van der Waals surface area contributed by atoms with Crippen LogP contribution in [0.3, 0.4) is 0 Å². The van der Waals surface area contributed by atoms with E-state index < -0.39 is 0 Å². The summed E-state index contributed by atoms with van der Waals surface area (Å²) in [7, 11) is 0. The number of hydrogen-bond acceptors (Lipinski definition) is 2. The fourth-order valence-electron chi connectivity index (χ4n) is 1.82. The Morgan fingerprint density at radius 1 is 1.00 bits per heavy atom. The zero-order valence-electron chi connectivity index (χ0n) is 8.96. The van der Waals surface area contributed by atoms with E-state index in [-0.39, 0.29) is 0 Å². The molecule has 3 nitrogen and oxygen atoms in total. The van der Waals surface area contributed by atoms with Gasteiger partial charge in [-0.2, -0.15) is 0 Å². The first-order valence-corrected chi connectivity index (χ1v) is 5.21. The second kappa shape index (κ2) is 3.45. The molecule has 0 N–H and O–H groups in total. The van der Waals surface area contributed by atoms with E-state index in [0.717, 1.165) is 17.0 Å². The zero-order chi connectivity index (χ0) is 11.0. The molecule has 3 rings (SSSR count). The molecule has 0 radical (unpaired) electrons. The number of rotatable bonds is 1. The predicted octanol–water partition coefficient (Wildman–Crippen LogP) is 2.70. The van der Waals surface area contributed by atoms with Crippen molar-refractivity contribution in [3.63, 3.8) is 0 Å². The predicted molar refractivity (Wildman–Crippen MR) is 63.2 cm³/mol. The van der Waals surface area contributed by atoms with E-state index in [2.05, 4.69) is 35.3 Å². The Balaban J connectivity index is 2.26. The Morgan fingerprint density at radius 2 is 1.94 bits per heavy atom. The number of fused-ring (bicyclic) bond motifs is 1. The van der Waals surface area contributed by atoms with E-state index in [4.69, 9.17) is 0 Å². The van der Waals surface area contributed by atoms with Gasteiger partial charge in [-0.25, -0.2) is 0 Å². The molecule has 0 unspecified atom stereocenters. The molecule has 0 saturated heterocycles. The molecule has 0 amide bonds. The van der Waals surface area contributed by atoms with Crippen molar-refractivity contribution in [3.8, 4) is 11.4 Å². The minimum absolute atomic E-state index is 0.874. The second-order valence-corrected chi connectivity index (χ2v) is 3.82. The molecule has 0 aliphatic heterocycles. The molecular formula is C13H11N3. The zero-order valence-corrected chi connectivity index (χ0v) is 8.96. The summed E-state index contributed by atoms with van der Waals surface area (Å²) < 4.78 is 1.99. The Hall–Kier alpha value is -2.16. The van der Waals surface area contributed by atoms with Gasteiger partial charge in [0.2, 0.25) is 0 Å². The van der Waals surface area contributed by atoms with Gasteiger partial charge >= 0.3 is 0 Å². The van der Waals surface area contributed by atoms with Crippen LogP contribution < -0.4 is 0 Å². The van der Waals surface area contributed by atoms with Crippen LogP contribution in [-0.2, 0) is 0 Å². The molecule has 0 bridgehead atoms. The van der Waals surface area contributed by atoms with Gasteiger partial charge in [0, 0.05) is 11.8 Å². The molecule has 0 fully saturated rings. The Bertz CT molecular complexity index is 640. The molecule has 0 saturated carbocycles. The van der Waals surface area contributed by atoms with Gasteiger partial charge in [-0.15, -0.1) is 10.2 Å². The fourth-order valence-corrected chi connectivity index (χ4v) is 1.82. The standard InChI is InChI=1S/C13H11N3/c1-10-5-4-6-11(9-10)13-15-14-12-7-2-3-8-16(12)13/h2-9H,1H3. The second-order valence-electron chi connectivity index (χ2n) is 3.82. The summed E-state index contributed by atoms with van der Waals surface area (Å²) in [5, 5.41) is 8.36. The smallest absolute Gasteiger partial charge is 0.168 e. The Morgan fingerprint density at radius 3 is 2.81 bits per heavy atom. The average Bonchev–Trinajstić information content (AvgIpc) is 2.72. The van der Waals surface area contributed by atoms with Gasteiger partial charge in [0.1, 0.15) is 0 Å². The number of benzene rings is 1. The average molecular weight is 209 g/mol. The first kappa shape index (κ1) is 9.09. The highest BCUT2D eigenvalue weighted by molar-refractivity contribution is 5.60. The summed E-state index contributed by atoms with van der Waals surface area (Å²) in [6, 6.07) is 14.2. The van der Waals surface area contributed by atoms with Crippen molar-refractivity contribution >= 4 is 5.65 Å². The minimum Gasteiger partial charge on any atom is -0.282 e. The highest BCUT2D eigenvalue weighted by atomic mass is 15.2. The van der Waals surface area contributed by atoms with Crippen LogP contribution in [0.2, 0.25) is 0 Å². The highest BCUT2D eigenvalue weighted by Gasteiger charge is 2.06. The van der Waals surface area contributed by atoms with Gasteiger partial charge in [0.25, 0.3) is 0 Å². The summed E-state index contributed by atoms with van der Waals surface area (Å²) in [6.45, 7) is 2.08. The normalized spacial score (nSPS) is 10.8. The van der Waals surface area contributed by atoms with Crippen molar-refractivity contribution in [1.82, 2.24) is 14.6 Å². The maximum Gasteiger partial charge on any atom is 0.168 e. The summed E-state index contributed by atoms with van der Waals surface area (Å²) >= 11 is 0. The van der Waals surface area contributed by atoms with Crippen LogP contribution in [0, 0.1) is 6.92 Å². The number of hydrogen-bond donors (Lipinski definition) is 0. The van der Waals surface area contributed by atoms with E-state index in [1.165, 1.54) is 5.56 Å². The third-order valence-corrected chi connectivity index (χ3v) is 2.59. The van der Waals surface area contributed by atoms with E-state index in [1.807, 2.05) is 34.9 Å². The third-order valence-electron chi connectivity index (χ3n) is 2.59. The molecule has 2 aromatic heterocycles. The molecule has 16 heavy (non-hydrogen) atoms. The van der Waals surface area contributed by atoms with E-state index in [1.54, 1.807) is 0 Å². The van der Waals surface area contributed by atoms with Crippen LogP contribution in [-0.4, -0.2) is 14.6 Å². The molecule has 3 heteroatoms. The van der Waals surface area contributed by atoms with E-state index in [0.29, 0.717) is 0 Å². The highest BCUT2D eigenvalue weighted by Crippen LogP contribution is 2.18. The van der Waals surface area contributed by atoms with Crippen LogP contribution in [0.4, 0.5) is 0 Å². The van der Waals surface area contributed by atoms with E-state index in [9.17, 15) is 0 Å². The Labute approximate surface area is 93.4 Å². The summed E-state index contributed by atoms with van der Waals surface area (Å²) in [5.74, 6) is 0.888. The molecule has 0 aliphatic rings. The van der Waals surface area contributed by atoms with Crippen LogP contribution in [0.5, 0.6) is 0 Å². The van der Waals surface area contributed by atoms with Crippen molar-refractivity contribution in [2.45, 2.75) is 6.92 Å². The van der Waals surface area contributed by atoms with Gasteiger partial charge in [0.15, 0.2) is 11.5 Å². The minimum atomic E-state index is 0.874. The van der Waals surface area contributed by atoms with Crippen LogP contribution >= 0.6 is 0 Å². The maximum atomic E-state index is 4.22. The lowest BCUT2D eigenvalue weighted by molar-refractivity contribution is 1.11. The summed E-state index contributed by atoms with van der Waals surface area (Å²) in [6.07, 6.45) is 1.98. The Kier molecular flexibility index (Phi) is 1.96. The van der Waals surface area contributed by atoms with Crippen molar-refractivity contribution in [2.75, 3.05) is 0 Å². The van der Waals surface area contributed by atoms with Gasteiger partial charge < -0.3 is 0 Å². The lowest BCUT2D eigenvalue weighted by atomic mass is 10.1. The summed E-state index contributed by atoms with van der Waals surface area (Å²) in [4.78, 5) is 0. The molecule has 3 aromatic rings. The third kappa shape index (κ3) is 1.37. The maximum absolute atomic E-state index is 4.22. The number of aromatic nitrogens is 3. The molecule has 78 valence electrons. The lowest BCUT2D eigenvalue weighted by Crippen LogP contribution is -1.88. The molecule has 0 aliphatic carbocycles.